The lowest BCUT2D eigenvalue weighted by atomic mass is 9.84. The van der Waals surface area contributed by atoms with E-state index in [2.05, 4.69) is 19.2 Å². The van der Waals surface area contributed by atoms with E-state index in [0.717, 1.165) is 18.9 Å². The van der Waals surface area contributed by atoms with Crippen molar-refractivity contribution in [2.45, 2.75) is 83.4 Å². The van der Waals surface area contributed by atoms with Crippen LogP contribution in [0.3, 0.4) is 0 Å². The Bertz CT molecular complexity index is 213. The third-order valence-corrected chi connectivity index (χ3v) is 4.68. The maximum Gasteiger partial charge on any atom is 0.0587 e. The summed E-state index contributed by atoms with van der Waals surface area (Å²) in [6, 6.07) is 1.40. The van der Waals surface area contributed by atoms with Crippen molar-refractivity contribution in [2.24, 2.45) is 5.92 Å². The first-order valence-electron chi connectivity index (χ1n) is 7.67. The maximum absolute atomic E-state index is 5.74. The molecule has 0 aromatic carbocycles. The number of ether oxygens (including phenoxy) is 1. The Kier molecular flexibility index (Phi) is 5.30. The number of hydrogen-bond acceptors (Lipinski definition) is 2. The third kappa shape index (κ3) is 3.96. The summed E-state index contributed by atoms with van der Waals surface area (Å²) < 4.78 is 5.74. The first-order valence-corrected chi connectivity index (χ1v) is 7.67. The summed E-state index contributed by atoms with van der Waals surface area (Å²) in [6.07, 6.45) is 11.3. The summed E-state index contributed by atoms with van der Waals surface area (Å²) in [4.78, 5) is 0. The lowest BCUT2D eigenvalue weighted by molar-refractivity contribution is -0.00327. The Morgan fingerprint density at radius 2 is 1.94 bits per heavy atom. The van der Waals surface area contributed by atoms with E-state index in [9.17, 15) is 0 Å². The summed E-state index contributed by atoms with van der Waals surface area (Å²) in [6.45, 7) is 5.58. The molecule has 1 heterocycles. The van der Waals surface area contributed by atoms with Crippen molar-refractivity contribution in [3.63, 3.8) is 0 Å². The van der Waals surface area contributed by atoms with Crippen molar-refractivity contribution in [2.75, 3.05) is 6.61 Å². The van der Waals surface area contributed by atoms with E-state index in [0.29, 0.717) is 18.2 Å². The average molecular weight is 239 g/mol. The molecule has 17 heavy (non-hydrogen) atoms. The highest BCUT2D eigenvalue weighted by Gasteiger charge is 2.26. The van der Waals surface area contributed by atoms with Gasteiger partial charge in [0.05, 0.1) is 6.10 Å². The highest BCUT2D eigenvalue weighted by atomic mass is 16.5. The highest BCUT2D eigenvalue weighted by molar-refractivity contribution is 4.82. The minimum absolute atomic E-state index is 0.500. The van der Waals surface area contributed by atoms with E-state index in [1.807, 2.05) is 0 Å². The van der Waals surface area contributed by atoms with Crippen molar-refractivity contribution in [3.8, 4) is 0 Å². The third-order valence-electron chi connectivity index (χ3n) is 4.68. The SMILES string of the molecule is CCC1CC(N[C@@H](C)C2CCCCC2)CCO1. The number of hydrogen-bond donors (Lipinski definition) is 1. The van der Waals surface area contributed by atoms with Gasteiger partial charge in [0.2, 0.25) is 0 Å². The smallest absolute Gasteiger partial charge is 0.0587 e. The molecule has 2 aliphatic rings. The monoisotopic (exact) mass is 239 g/mol. The largest absolute Gasteiger partial charge is 0.378 e. The lowest BCUT2D eigenvalue weighted by Gasteiger charge is -2.35. The number of rotatable bonds is 4. The van der Waals surface area contributed by atoms with Crippen molar-refractivity contribution in [3.05, 3.63) is 0 Å². The van der Waals surface area contributed by atoms with Gasteiger partial charge in [-0.25, -0.2) is 0 Å². The second kappa shape index (κ2) is 6.75. The van der Waals surface area contributed by atoms with Crippen LogP contribution in [0.1, 0.15) is 65.2 Å². The van der Waals surface area contributed by atoms with Gasteiger partial charge in [-0.2, -0.15) is 0 Å². The molecule has 2 nitrogen and oxygen atoms in total. The zero-order chi connectivity index (χ0) is 12.1. The van der Waals surface area contributed by atoms with Gasteiger partial charge < -0.3 is 10.1 Å². The summed E-state index contributed by atoms with van der Waals surface area (Å²) in [5.41, 5.74) is 0. The van der Waals surface area contributed by atoms with Crippen LogP contribution in [0, 0.1) is 5.92 Å². The van der Waals surface area contributed by atoms with Crippen LogP contribution < -0.4 is 5.32 Å². The van der Waals surface area contributed by atoms with Gasteiger partial charge in [0, 0.05) is 18.7 Å². The van der Waals surface area contributed by atoms with Crippen molar-refractivity contribution in [1.29, 1.82) is 0 Å². The first-order chi connectivity index (χ1) is 8.29. The molecule has 2 unspecified atom stereocenters. The number of nitrogens with one attached hydrogen (secondary N) is 1. The molecule has 0 aromatic heterocycles. The van der Waals surface area contributed by atoms with E-state index >= 15 is 0 Å². The van der Waals surface area contributed by atoms with E-state index in [-0.39, 0.29) is 0 Å². The topological polar surface area (TPSA) is 21.3 Å². The molecule has 2 rings (SSSR count). The van der Waals surface area contributed by atoms with E-state index in [1.54, 1.807) is 0 Å². The lowest BCUT2D eigenvalue weighted by Crippen LogP contribution is -2.46. The standard InChI is InChI=1S/C15H29NO/c1-3-15-11-14(9-10-17-15)16-12(2)13-7-5-4-6-8-13/h12-16H,3-11H2,1-2H3/t12-,14?,15?/m0/s1. The average Bonchev–Trinajstić information content (AvgIpc) is 2.40. The van der Waals surface area contributed by atoms with Gasteiger partial charge in [-0.05, 0) is 44.9 Å². The molecule has 1 aliphatic carbocycles. The molecule has 100 valence electrons. The van der Waals surface area contributed by atoms with Crippen molar-refractivity contribution < 1.29 is 4.74 Å². The van der Waals surface area contributed by atoms with Gasteiger partial charge in [0.25, 0.3) is 0 Å². The van der Waals surface area contributed by atoms with E-state index in [1.165, 1.54) is 44.9 Å². The molecule has 2 fully saturated rings. The molecule has 1 saturated heterocycles. The molecule has 0 amide bonds. The van der Waals surface area contributed by atoms with Crippen LogP contribution in [-0.2, 0) is 4.74 Å². The molecule has 0 aromatic rings. The predicted octanol–water partition coefficient (Wildman–Crippen LogP) is 3.50. The fourth-order valence-corrected chi connectivity index (χ4v) is 3.46. The Morgan fingerprint density at radius 3 is 2.65 bits per heavy atom. The molecule has 1 N–H and O–H groups in total. The molecular formula is C15H29NO. The van der Waals surface area contributed by atoms with Gasteiger partial charge >= 0.3 is 0 Å². The Hall–Kier alpha value is -0.0800. The van der Waals surface area contributed by atoms with Gasteiger partial charge in [-0.1, -0.05) is 26.2 Å². The van der Waals surface area contributed by atoms with Gasteiger partial charge in [-0.15, -0.1) is 0 Å². The second-order valence-corrected chi connectivity index (χ2v) is 5.98. The summed E-state index contributed by atoms with van der Waals surface area (Å²) in [7, 11) is 0. The molecule has 0 radical (unpaired) electrons. The predicted molar refractivity (Wildman–Crippen MR) is 72.2 cm³/mol. The van der Waals surface area contributed by atoms with Gasteiger partial charge in [0.1, 0.15) is 0 Å². The molecule has 0 bridgehead atoms. The first kappa shape index (κ1) is 13.4. The molecule has 2 heteroatoms. The molecule has 3 atom stereocenters. The summed E-state index contributed by atoms with van der Waals surface area (Å²) >= 11 is 0. The Morgan fingerprint density at radius 1 is 1.18 bits per heavy atom. The quantitative estimate of drug-likeness (QED) is 0.810. The van der Waals surface area contributed by atoms with Gasteiger partial charge in [0.15, 0.2) is 0 Å². The molecule has 1 aliphatic heterocycles. The van der Waals surface area contributed by atoms with Crippen molar-refractivity contribution >= 4 is 0 Å². The minimum Gasteiger partial charge on any atom is -0.378 e. The second-order valence-electron chi connectivity index (χ2n) is 5.98. The fourth-order valence-electron chi connectivity index (χ4n) is 3.46. The van der Waals surface area contributed by atoms with Crippen LogP contribution in [-0.4, -0.2) is 24.8 Å². The summed E-state index contributed by atoms with van der Waals surface area (Å²) in [5.74, 6) is 0.923. The fraction of sp³-hybridized carbons (Fsp3) is 1.00. The molecule has 0 spiro atoms. The Balaban J connectivity index is 1.74. The highest BCUT2D eigenvalue weighted by Crippen LogP contribution is 2.27. The van der Waals surface area contributed by atoms with Crippen LogP contribution in [0.4, 0.5) is 0 Å². The van der Waals surface area contributed by atoms with Crippen LogP contribution in [0.5, 0.6) is 0 Å². The van der Waals surface area contributed by atoms with Crippen LogP contribution in [0.15, 0.2) is 0 Å². The van der Waals surface area contributed by atoms with Gasteiger partial charge in [-0.3, -0.25) is 0 Å². The Labute approximate surface area is 107 Å². The summed E-state index contributed by atoms with van der Waals surface area (Å²) in [5, 5.41) is 3.87. The maximum atomic E-state index is 5.74. The van der Waals surface area contributed by atoms with Crippen LogP contribution in [0.25, 0.3) is 0 Å². The zero-order valence-electron chi connectivity index (χ0n) is 11.6. The van der Waals surface area contributed by atoms with Crippen LogP contribution >= 0.6 is 0 Å². The molecular weight excluding hydrogens is 210 g/mol. The normalized spacial score (nSPS) is 33.5. The van der Waals surface area contributed by atoms with Crippen LogP contribution in [0.2, 0.25) is 0 Å². The molecule has 1 saturated carbocycles. The van der Waals surface area contributed by atoms with Crippen molar-refractivity contribution in [1.82, 2.24) is 5.32 Å². The van der Waals surface area contributed by atoms with E-state index < -0.39 is 0 Å². The van der Waals surface area contributed by atoms with E-state index in [4.69, 9.17) is 4.74 Å². The minimum atomic E-state index is 0.500. The zero-order valence-corrected chi connectivity index (χ0v) is 11.6.